The zero-order valence-corrected chi connectivity index (χ0v) is 21.5. The third kappa shape index (κ3) is 5.43. The maximum Gasteiger partial charge on any atom is 0.261 e. The summed E-state index contributed by atoms with van der Waals surface area (Å²) >= 11 is 0. The summed E-state index contributed by atoms with van der Waals surface area (Å²) in [7, 11) is -7.73. The Morgan fingerprint density at radius 2 is 1.13 bits per heavy atom. The van der Waals surface area contributed by atoms with E-state index < -0.39 is 20.0 Å². The van der Waals surface area contributed by atoms with E-state index in [1.807, 2.05) is 12.1 Å². The first-order valence-electron chi connectivity index (χ1n) is 11.2. The molecule has 0 fully saturated rings. The van der Waals surface area contributed by atoms with Crippen molar-refractivity contribution < 1.29 is 21.3 Å². The summed E-state index contributed by atoms with van der Waals surface area (Å²) in [6.45, 7) is 0. The van der Waals surface area contributed by atoms with Crippen molar-refractivity contribution in [3.8, 4) is 23.6 Å². The van der Waals surface area contributed by atoms with Crippen molar-refractivity contribution in [1.29, 1.82) is 10.5 Å². The van der Waals surface area contributed by atoms with Gasteiger partial charge in [-0.15, -0.1) is 0 Å². The monoisotopic (exact) mass is 555 g/mol. The van der Waals surface area contributed by atoms with E-state index in [9.17, 15) is 16.8 Å². The first-order chi connectivity index (χ1) is 18.7. The van der Waals surface area contributed by atoms with Crippen molar-refractivity contribution in [1.82, 2.24) is 4.98 Å². The van der Waals surface area contributed by atoms with Crippen LogP contribution in [0.1, 0.15) is 11.1 Å². The molecule has 10 nitrogen and oxygen atoms in total. The molecule has 0 saturated heterocycles. The number of nitrogens with zero attached hydrogens (tertiary/aromatic N) is 3. The Kier molecular flexibility index (Phi) is 6.50. The topological polar surface area (TPSA) is 166 Å². The predicted molar refractivity (Wildman–Crippen MR) is 143 cm³/mol. The molecule has 0 bridgehead atoms. The van der Waals surface area contributed by atoms with Crippen molar-refractivity contribution >= 4 is 42.5 Å². The van der Waals surface area contributed by atoms with Gasteiger partial charge in [-0.1, -0.05) is 0 Å². The van der Waals surface area contributed by atoms with Crippen LogP contribution in [0.4, 0.5) is 11.4 Å². The lowest BCUT2D eigenvalue weighted by Crippen LogP contribution is -2.12. The minimum atomic E-state index is -3.88. The number of oxazole rings is 1. The summed E-state index contributed by atoms with van der Waals surface area (Å²) in [6.07, 6.45) is 0. The fraction of sp³-hybridized carbons (Fsp3) is 0. The molecule has 192 valence electrons. The third-order valence-electron chi connectivity index (χ3n) is 5.61. The Hall–Kier alpha value is -5.17. The highest BCUT2D eigenvalue weighted by Crippen LogP contribution is 2.28. The van der Waals surface area contributed by atoms with Crippen LogP contribution in [0.5, 0.6) is 0 Å². The molecule has 12 heteroatoms. The van der Waals surface area contributed by atoms with Crippen LogP contribution in [-0.2, 0) is 20.0 Å². The van der Waals surface area contributed by atoms with E-state index in [0.29, 0.717) is 33.5 Å². The van der Waals surface area contributed by atoms with Crippen molar-refractivity contribution in [3.05, 3.63) is 102 Å². The van der Waals surface area contributed by atoms with Gasteiger partial charge in [0.1, 0.15) is 5.52 Å². The van der Waals surface area contributed by atoms with Gasteiger partial charge in [0.25, 0.3) is 20.0 Å². The zero-order valence-electron chi connectivity index (χ0n) is 19.9. The molecule has 0 amide bonds. The standard InChI is InChI=1S/C27H17N5O5S2/c28-16-18-1-10-23(11-2-18)38(33,34)31-21-7-5-20(6-8-21)27-30-25-15-22(9-14-26(25)37-27)32-39(35,36)24-12-3-19(17-29)4-13-24/h1-15,31-32H. The largest absolute Gasteiger partial charge is 0.436 e. The van der Waals surface area contributed by atoms with Gasteiger partial charge >= 0.3 is 0 Å². The van der Waals surface area contributed by atoms with Gasteiger partial charge in [-0.05, 0) is 91.0 Å². The number of nitrogens with one attached hydrogen (secondary N) is 2. The van der Waals surface area contributed by atoms with E-state index in [1.165, 1.54) is 54.6 Å². The van der Waals surface area contributed by atoms with Crippen LogP contribution < -0.4 is 9.44 Å². The van der Waals surface area contributed by atoms with Crippen LogP contribution in [0.2, 0.25) is 0 Å². The molecule has 0 radical (unpaired) electrons. The summed E-state index contributed by atoms with van der Waals surface area (Å²) in [4.78, 5) is 4.47. The minimum absolute atomic E-state index is 0.0114. The second kappa shape index (κ2) is 9.95. The van der Waals surface area contributed by atoms with Gasteiger partial charge in [0.15, 0.2) is 5.58 Å². The van der Waals surface area contributed by atoms with Crippen molar-refractivity contribution in [3.63, 3.8) is 0 Å². The average Bonchev–Trinajstić information content (AvgIpc) is 3.36. The molecule has 2 N–H and O–H groups in total. The first kappa shape index (κ1) is 25.5. The van der Waals surface area contributed by atoms with Gasteiger partial charge in [-0.25, -0.2) is 21.8 Å². The fourth-order valence-electron chi connectivity index (χ4n) is 3.64. The molecule has 0 aliphatic carbocycles. The van der Waals surface area contributed by atoms with E-state index in [-0.39, 0.29) is 21.4 Å². The molecule has 1 heterocycles. The zero-order chi connectivity index (χ0) is 27.6. The maximum atomic E-state index is 12.7. The molecule has 5 aromatic rings. The molecule has 5 rings (SSSR count). The van der Waals surface area contributed by atoms with Crippen molar-refractivity contribution in [2.24, 2.45) is 0 Å². The molecule has 0 aliphatic rings. The number of benzene rings is 4. The number of anilines is 2. The van der Waals surface area contributed by atoms with Crippen LogP contribution in [0.25, 0.3) is 22.6 Å². The molecule has 0 aliphatic heterocycles. The van der Waals surface area contributed by atoms with Gasteiger partial charge < -0.3 is 4.42 Å². The Morgan fingerprint density at radius 3 is 1.64 bits per heavy atom. The molecule has 0 saturated carbocycles. The Balaban J connectivity index is 1.33. The summed E-state index contributed by atoms with van der Waals surface area (Å²) < 4.78 is 61.5. The number of hydrogen-bond acceptors (Lipinski definition) is 8. The number of aromatic nitrogens is 1. The number of rotatable bonds is 7. The Bertz CT molecular complexity index is 1990. The minimum Gasteiger partial charge on any atom is -0.436 e. The van der Waals surface area contributed by atoms with Gasteiger partial charge in [0.05, 0.1) is 38.7 Å². The maximum absolute atomic E-state index is 12.7. The van der Waals surface area contributed by atoms with Gasteiger partial charge in [-0.3, -0.25) is 9.44 Å². The molecule has 1 aromatic heterocycles. The summed E-state index contributed by atoms with van der Waals surface area (Å²) in [5, 5.41) is 17.8. The van der Waals surface area contributed by atoms with E-state index in [2.05, 4.69) is 14.4 Å². The Morgan fingerprint density at radius 1 is 0.641 bits per heavy atom. The Labute approximate surface area is 223 Å². The van der Waals surface area contributed by atoms with Gasteiger partial charge in [-0.2, -0.15) is 10.5 Å². The summed E-state index contributed by atoms with van der Waals surface area (Å²) in [5.41, 5.74) is 2.72. The highest BCUT2D eigenvalue weighted by Gasteiger charge is 2.17. The predicted octanol–water partition coefficient (Wildman–Crippen LogP) is 4.84. The van der Waals surface area contributed by atoms with Crippen LogP contribution >= 0.6 is 0 Å². The van der Waals surface area contributed by atoms with Crippen LogP contribution in [0.15, 0.2) is 105 Å². The van der Waals surface area contributed by atoms with Crippen LogP contribution in [0.3, 0.4) is 0 Å². The summed E-state index contributed by atoms with van der Waals surface area (Å²) in [5.74, 6) is 0.263. The highest BCUT2D eigenvalue weighted by atomic mass is 32.2. The number of nitriles is 2. The van der Waals surface area contributed by atoms with Crippen LogP contribution in [-0.4, -0.2) is 21.8 Å². The van der Waals surface area contributed by atoms with E-state index in [4.69, 9.17) is 14.9 Å². The molecular weight excluding hydrogens is 538 g/mol. The number of sulfonamides is 2. The lowest BCUT2D eigenvalue weighted by molar-refractivity contribution is 0.599. The van der Waals surface area contributed by atoms with Crippen LogP contribution in [0, 0.1) is 22.7 Å². The van der Waals surface area contributed by atoms with E-state index in [1.54, 1.807) is 36.4 Å². The van der Waals surface area contributed by atoms with Gasteiger partial charge in [0.2, 0.25) is 5.89 Å². The molecule has 0 spiro atoms. The molecule has 4 aromatic carbocycles. The van der Waals surface area contributed by atoms with Crippen molar-refractivity contribution in [2.75, 3.05) is 9.44 Å². The average molecular weight is 556 g/mol. The number of hydrogen-bond donors (Lipinski definition) is 2. The second-order valence-electron chi connectivity index (χ2n) is 8.26. The number of fused-ring (bicyclic) bond motifs is 1. The normalized spacial score (nSPS) is 11.4. The van der Waals surface area contributed by atoms with E-state index >= 15 is 0 Å². The fourth-order valence-corrected chi connectivity index (χ4v) is 5.75. The molecular formula is C27H17N5O5S2. The lowest BCUT2D eigenvalue weighted by atomic mass is 10.2. The summed E-state index contributed by atoms with van der Waals surface area (Å²) in [6, 6.07) is 26.0. The molecule has 0 unspecified atom stereocenters. The SMILES string of the molecule is N#Cc1ccc(S(=O)(=O)Nc2ccc(-c3nc4cc(NS(=O)(=O)c5ccc(C#N)cc5)ccc4o3)cc2)cc1. The lowest BCUT2D eigenvalue weighted by Gasteiger charge is -2.08. The second-order valence-corrected chi connectivity index (χ2v) is 11.6. The van der Waals surface area contributed by atoms with Gasteiger partial charge in [0, 0.05) is 11.3 Å². The molecule has 0 atom stereocenters. The first-order valence-corrected chi connectivity index (χ1v) is 14.2. The highest BCUT2D eigenvalue weighted by molar-refractivity contribution is 7.93. The molecule has 39 heavy (non-hydrogen) atoms. The van der Waals surface area contributed by atoms with Crippen molar-refractivity contribution in [2.45, 2.75) is 9.79 Å². The smallest absolute Gasteiger partial charge is 0.261 e. The third-order valence-corrected chi connectivity index (χ3v) is 8.41. The van der Waals surface area contributed by atoms with E-state index in [0.717, 1.165) is 0 Å². The quantitative estimate of drug-likeness (QED) is 0.288.